The van der Waals surface area contributed by atoms with Gasteiger partial charge in [-0.15, -0.1) is 0 Å². The number of nitrogens with zero attached hydrogens (tertiary/aromatic N) is 4. The van der Waals surface area contributed by atoms with Crippen molar-refractivity contribution >= 4 is 11.9 Å². The Bertz CT molecular complexity index is 1310. The molecule has 1 aliphatic heterocycles. The molecule has 2 aromatic carbocycles. The standard InChI is InChI=1S/C22H18F2N6O2/c1-11-8-12(4-5-15(11)23)18-17(21(26)31)20-19(13-2-3-14(10-25)16(24)9-13)29(22(27)32)6-7-30(20)28-18/h2-5,8-9,19H,6-7H2,1H3,(H2,26,31)(H2,27,32). The molecule has 0 aliphatic carbocycles. The van der Waals surface area contributed by atoms with E-state index in [1.54, 1.807) is 19.1 Å². The predicted octanol–water partition coefficient (Wildman–Crippen LogP) is 2.59. The lowest BCUT2D eigenvalue weighted by molar-refractivity contribution is 0.0995. The van der Waals surface area contributed by atoms with Gasteiger partial charge in [-0.2, -0.15) is 10.4 Å². The molecule has 0 fully saturated rings. The zero-order valence-electron chi connectivity index (χ0n) is 17.0. The highest BCUT2D eigenvalue weighted by atomic mass is 19.1. The molecule has 8 nitrogen and oxygen atoms in total. The van der Waals surface area contributed by atoms with Crippen molar-refractivity contribution in [2.75, 3.05) is 6.54 Å². The minimum atomic E-state index is -0.964. The lowest BCUT2D eigenvalue weighted by Gasteiger charge is -2.35. The Morgan fingerprint density at radius 1 is 1.12 bits per heavy atom. The second-order valence-electron chi connectivity index (χ2n) is 7.45. The molecule has 32 heavy (non-hydrogen) atoms. The molecular weight excluding hydrogens is 418 g/mol. The SMILES string of the molecule is Cc1cc(-c2nn3c(c2C(N)=O)C(c2ccc(C#N)c(F)c2)N(C(N)=O)CC3)ccc1F. The molecule has 162 valence electrons. The van der Waals surface area contributed by atoms with Gasteiger partial charge in [0, 0.05) is 12.1 Å². The van der Waals surface area contributed by atoms with E-state index in [2.05, 4.69) is 5.10 Å². The van der Waals surface area contributed by atoms with E-state index in [4.69, 9.17) is 16.7 Å². The molecule has 1 atom stereocenters. The van der Waals surface area contributed by atoms with E-state index in [0.717, 1.165) is 6.07 Å². The van der Waals surface area contributed by atoms with Crippen molar-refractivity contribution in [1.82, 2.24) is 14.7 Å². The molecule has 10 heteroatoms. The summed E-state index contributed by atoms with van der Waals surface area (Å²) in [7, 11) is 0. The third-order valence-electron chi connectivity index (χ3n) is 5.51. The molecule has 1 aromatic heterocycles. The Hall–Kier alpha value is -4.26. The number of benzene rings is 2. The summed E-state index contributed by atoms with van der Waals surface area (Å²) in [4.78, 5) is 26.0. The number of urea groups is 1. The number of nitriles is 1. The van der Waals surface area contributed by atoms with Gasteiger partial charge in [-0.25, -0.2) is 13.6 Å². The highest BCUT2D eigenvalue weighted by molar-refractivity contribution is 6.00. The Balaban J connectivity index is 1.98. The first-order valence-electron chi connectivity index (χ1n) is 9.65. The predicted molar refractivity (Wildman–Crippen MR) is 110 cm³/mol. The van der Waals surface area contributed by atoms with Crippen LogP contribution >= 0.6 is 0 Å². The zero-order chi connectivity index (χ0) is 23.2. The summed E-state index contributed by atoms with van der Waals surface area (Å²) in [6.45, 7) is 1.94. The fourth-order valence-electron chi connectivity index (χ4n) is 4.01. The van der Waals surface area contributed by atoms with Crippen molar-refractivity contribution in [3.05, 3.63) is 76.0 Å². The van der Waals surface area contributed by atoms with Gasteiger partial charge in [-0.1, -0.05) is 6.07 Å². The maximum atomic E-state index is 14.4. The average molecular weight is 436 g/mol. The van der Waals surface area contributed by atoms with Crippen LogP contribution in [0.15, 0.2) is 36.4 Å². The van der Waals surface area contributed by atoms with E-state index >= 15 is 0 Å². The lowest BCUT2D eigenvalue weighted by atomic mass is 9.93. The number of hydrogen-bond donors (Lipinski definition) is 2. The quantitative estimate of drug-likeness (QED) is 0.653. The molecule has 4 N–H and O–H groups in total. The number of halogens is 2. The fraction of sp³-hybridized carbons (Fsp3) is 0.182. The van der Waals surface area contributed by atoms with Crippen LogP contribution in [0.1, 0.15) is 38.8 Å². The van der Waals surface area contributed by atoms with Gasteiger partial charge >= 0.3 is 6.03 Å². The van der Waals surface area contributed by atoms with E-state index < -0.39 is 29.6 Å². The van der Waals surface area contributed by atoms with E-state index in [9.17, 15) is 18.4 Å². The van der Waals surface area contributed by atoms with Crippen molar-refractivity contribution in [3.8, 4) is 17.3 Å². The second-order valence-corrected chi connectivity index (χ2v) is 7.45. The molecule has 1 unspecified atom stereocenters. The first kappa shape index (κ1) is 21.0. The van der Waals surface area contributed by atoms with Crippen LogP contribution in [0.4, 0.5) is 13.6 Å². The highest BCUT2D eigenvalue weighted by Gasteiger charge is 2.38. The van der Waals surface area contributed by atoms with Crippen LogP contribution in [0, 0.1) is 29.9 Å². The minimum Gasteiger partial charge on any atom is -0.365 e. The number of aromatic nitrogens is 2. The van der Waals surface area contributed by atoms with E-state index in [1.807, 2.05) is 0 Å². The lowest BCUT2D eigenvalue weighted by Crippen LogP contribution is -2.46. The van der Waals surface area contributed by atoms with Crippen molar-refractivity contribution < 1.29 is 18.4 Å². The molecule has 3 aromatic rings. The number of rotatable bonds is 3. The molecule has 2 heterocycles. The number of fused-ring (bicyclic) bond motifs is 1. The van der Waals surface area contributed by atoms with Crippen LogP contribution < -0.4 is 11.5 Å². The van der Waals surface area contributed by atoms with Crippen molar-refractivity contribution in [2.45, 2.75) is 19.5 Å². The summed E-state index contributed by atoms with van der Waals surface area (Å²) in [6.07, 6.45) is 0. The smallest absolute Gasteiger partial charge is 0.315 e. The third kappa shape index (κ3) is 3.33. The number of carbonyl (C=O) groups is 2. The molecule has 0 saturated heterocycles. The Kier molecular flexibility index (Phi) is 5.10. The molecule has 0 radical (unpaired) electrons. The van der Waals surface area contributed by atoms with Crippen LogP contribution in [-0.2, 0) is 6.54 Å². The number of carbonyl (C=O) groups excluding carboxylic acids is 2. The van der Waals surface area contributed by atoms with Gasteiger partial charge in [0.2, 0.25) is 0 Å². The van der Waals surface area contributed by atoms with Crippen LogP contribution in [0.2, 0.25) is 0 Å². The molecule has 0 spiro atoms. The number of hydrogen-bond acceptors (Lipinski definition) is 4. The Morgan fingerprint density at radius 2 is 1.88 bits per heavy atom. The van der Waals surface area contributed by atoms with Crippen LogP contribution in [0.25, 0.3) is 11.3 Å². The normalized spacial score (nSPS) is 15.2. The van der Waals surface area contributed by atoms with Crippen LogP contribution in [0.3, 0.4) is 0 Å². The van der Waals surface area contributed by atoms with E-state index in [0.29, 0.717) is 16.7 Å². The molecule has 3 amide bonds. The monoisotopic (exact) mass is 436 g/mol. The summed E-state index contributed by atoms with van der Waals surface area (Å²) in [5, 5.41) is 13.5. The average Bonchev–Trinajstić information content (AvgIpc) is 3.14. The summed E-state index contributed by atoms with van der Waals surface area (Å²) in [5.41, 5.74) is 12.8. The van der Waals surface area contributed by atoms with Crippen molar-refractivity contribution in [2.24, 2.45) is 11.5 Å². The first-order valence-corrected chi connectivity index (χ1v) is 9.65. The highest BCUT2D eigenvalue weighted by Crippen LogP contribution is 2.38. The van der Waals surface area contributed by atoms with Crippen molar-refractivity contribution in [1.29, 1.82) is 5.26 Å². The van der Waals surface area contributed by atoms with Crippen LogP contribution in [-0.4, -0.2) is 33.2 Å². The Labute approximate surface area is 181 Å². The van der Waals surface area contributed by atoms with Gasteiger partial charge in [0.15, 0.2) is 0 Å². The maximum absolute atomic E-state index is 14.4. The third-order valence-corrected chi connectivity index (χ3v) is 5.51. The first-order chi connectivity index (χ1) is 15.2. The summed E-state index contributed by atoms with van der Waals surface area (Å²) < 4.78 is 29.7. The molecule has 0 saturated carbocycles. The van der Waals surface area contributed by atoms with E-state index in [1.165, 1.54) is 33.8 Å². The minimum absolute atomic E-state index is 0.0247. The van der Waals surface area contributed by atoms with Gasteiger partial charge in [-0.3, -0.25) is 9.48 Å². The molecule has 0 bridgehead atoms. The van der Waals surface area contributed by atoms with Crippen LogP contribution in [0.5, 0.6) is 0 Å². The van der Waals surface area contributed by atoms with Gasteiger partial charge in [0.25, 0.3) is 5.91 Å². The molecule has 4 rings (SSSR count). The van der Waals surface area contributed by atoms with Crippen molar-refractivity contribution in [3.63, 3.8) is 0 Å². The zero-order valence-corrected chi connectivity index (χ0v) is 17.0. The maximum Gasteiger partial charge on any atom is 0.315 e. The fourth-order valence-corrected chi connectivity index (χ4v) is 4.01. The largest absolute Gasteiger partial charge is 0.365 e. The number of amides is 3. The summed E-state index contributed by atoms with van der Waals surface area (Å²) >= 11 is 0. The van der Waals surface area contributed by atoms with Gasteiger partial charge < -0.3 is 16.4 Å². The second kappa shape index (κ2) is 7.77. The topological polar surface area (TPSA) is 131 Å². The van der Waals surface area contributed by atoms with Gasteiger partial charge in [0.05, 0.1) is 23.4 Å². The number of nitrogens with two attached hydrogens (primary N) is 2. The van der Waals surface area contributed by atoms with E-state index in [-0.39, 0.29) is 35.6 Å². The Morgan fingerprint density at radius 3 is 2.47 bits per heavy atom. The summed E-state index contributed by atoms with van der Waals surface area (Å²) in [5.74, 6) is -2.00. The summed E-state index contributed by atoms with van der Waals surface area (Å²) in [6, 6.07) is 8.17. The number of aryl methyl sites for hydroxylation is 1. The molecular formula is C22H18F2N6O2. The molecule has 1 aliphatic rings. The van der Waals surface area contributed by atoms with Gasteiger partial charge in [-0.05, 0) is 48.4 Å². The van der Waals surface area contributed by atoms with Gasteiger partial charge in [0.1, 0.15) is 29.4 Å². The number of primary amides is 2.